The molecule has 2 heterocycles. The molecule has 29 heavy (non-hydrogen) atoms. The Balaban J connectivity index is 1.76. The van der Waals surface area contributed by atoms with Crippen molar-refractivity contribution in [3.05, 3.63) is 70.4 Å². The second-order valence-electron chi connectivity index (χ2n) is 6.50. The lowest BCUT2D eigenvalue weighted by atomic mass is 10.2. The average Bonchev–Trinajstić information content (AvgIpc) is 3.25. The maximum atomic E-state index is 13.5. The molecule has 0 bridgehead atoms. The van der Waals surface area contributed by atoms with Crippen LogP contribution in [0, 0.1) is 0 Å². The quantitative estimate of drug-likeness (QED) is 0.551. The molecule has 1 aromatic heterocycles. The fourth-order valence-electron chi connectivity index (χ4n) is 3.04. The summed E-state index contributed by atoms with van der Waals surface area (Å²) in [5.41, 5.74) is 0.950. The summed E-state index contributed by atoms with van der Waals surface area (Å²) >= 11 is 1.49. The second-order valence-corrected chi connectivity index (χ2v) is 9.39. The first-order valence-corrected chi connectivity index (χ1v) is 11.3. The Morgan fingerprint density at radius 1 is 1.03 bits per heavy atom. The largest absolute Gasteiger partial charge is 0.486 e. The predicted molar refractivity (Wildman–Crippen MR) is 112 cm³/mol. The number of rotatable bonds is 6. The van der Waals surface area contributed by atoms with Crippen LogP contribution in [0.4, 0.5) is 5.69 Å². The van der Waals surface area contributed by atoms with Crippen LogP contribution < -0.4 is 13.8 Å². The van der Waals surface area contributed by atoms with Crippen molar-refractivity contribution in [2.75, 3.05) is 17.5 Å². The van der Waals surface area contributed by atoms with E-state index in [-0.39, 0.29) is 17.2 Å². The Morgan fingerprint density at radius 3 is 2.41 bits per heavy atom. The van der Waals surface area contributed by atoms with E-state index in [1.807, 2.05) is 17.5 Å². The van der Waals surface area contributed by atoms with Crippen molar-refractivity contribution in [3.8, 4) is 11.5 Å². The summed E-state index contributed by atoms with van der Waals surface area (Å²) in [5.74, 6) is 1.00. The number of fused-ring (bicyclic) bond motifs is 1. The number of carbonyl (C=O) groups excluding carboxylic acids is 1. The normalized spacial score (nSPS) is 13.1. The molecule has 8 heteroatoms. The molecule has 150 valence electrons. The van der Waals surface area contributed by atoms with Gasteiger partial charge in [-0.15, -0.1) is 11.3 Å². The van der Waals surface area contributed by atoms with Crippen LogP contribution in [-0.4, -0.2) is 27.4 Å². The number of hydrogen-bond donors (Lipinski definition) is 0. The number of anilines is 1. The van der Waals surface area contributed by atoms with Gasteiger partial charge in [-0.05, 0) is 42.6 Å². The number of Topliss-reactive ketones (excluding diaryl/α,β-unsaturated/α-hetero) is 1. The topological polar surface area (TPSA) is 72.9 Å². The van der Waals surface area contributed by atoms with Gasteiger partial charge in [0, 0.05) is 16.5 Å². The van der Waals surface area contributed by atoms with E-state index in [9.17, 15) is 13.2 Å². The number of ketones is 1. The lowest BCUT2D eigenvalue weighted by molar-refractivity contribution is 0.101. The molecule has 1 aliphatic heterocycles. The highest BCUT2D eigenvalue weighted by Gasteiger charge is 2.27. The molecule has 0 aliphatic carbocycles. The molecular formula is C21H19NO5S2. The monoisotopic (exact) mass is 429 g/mol. The summed E-state index contributed by atoms with van der Waals surface area (Å²) in [6, 6.07) is 14.9. The molecule has 0 atom stereocenters. The van der Waals surface area contributed by atoms with E-state index in [2.05, 4.69) is 0 Å². The highest BCUT2D eigenvalue weighted by atomic mass is 32.2. The highest BCUT2D eigenvalue weighted by Crippen LogP contribution is 2.36. The van der Waals surface area contributed by atoms with E-state index in [0.717, 1.165) is 4.88 Å². The average molecular weight is 430 g/mol. The van der Waals surface area contributed by atoms with Gasteiger partial charge < -0.3 is 9.47 Å². The third kappa shape index (κ3) is 3.99. The number of sulfonamides is 1. The molecule has 0 fully saturated rings. The highest BCUT2D eigenvalue weighted by molar-refractivity contribution is 7.92. The van der Waals surface area contributed by atoms with Crippen LogP contribution in [0.15, 0.2) is 64.9 Å². The standard InChI is InChI=1S/C21H19NO5S2/c1-15(23)16-4-7-19(8-5-16)29(24,25)22(14-18-3-2-12-28-18)17-6-9-20-21(13-17)27-11-10-26-20/h2-9,12-13H,10-11,14H2,1H3. The van der Waals surface area contributed by atoms with E-state index in [0.29, 0.717) is 36.0 Å². The lowest BCUT2D eigenvalue weighted by Gasteiger charge is -2.26. The van der Waals surface area contributed by atoms with Crippen molar-refractivity contribution in [1.82, 2.24) is 0 Å². The summed E-state index contributed by atoms with van der Waals surface area (Å²) in [4.78, 5) is 12.6. The van der Waals surface area contributed by atoms with E-state index in [1.165, 1.54) is 46.8 Å². The number of hydrogen-bond acceptors (Lipinski definition) is 6. The van der Waals surface area contributed by atoms with E-state index in [1.54, 1.807) is 18.2 Å². The van der Waals surface area contributed by atoms with Gasteiger partial charge in [0.05, 0.1) is 17.1 Å². The first-order chi connectivity index (χ1) is 13.9. The third-order valence-electron chi connectivity index (χ3n) is 4.54. The number of benzene rings is 2. The number of carbonyl (C=O) groups is 1. The zero-order valence-corrected chi connectivity index (χ0v) is 17.3. The van der Waals surface area contributed by atoms with Crippen LogP contribution in [0.1, 0.15) is 22.2 Å². The van der Waals surface area contributed by atoms with Crippen LogP contribution in [0.3, 0.4) is 0 Å². The minimum atomic E-state index is -3.87. The summed E-state index contributed by atoms with van der Waals surface area (Å²) in [5, 5.41) is 1.91. The minimum Gasteiger partial charge on any atom is -0.486 e. The molecule has 0 unspecified atom stereocenters. The zero-order valence-electron chi connectivity index (χ0n) is 15.7. The van der Waals surface area contributed by atoms with Crippen molar-refractivity contribution in [3.63, 3.8) is 0 Å². The SMILES string of the molecule is CC(=O)c1ccc(S(=O)(=O)N(Cc2cccs2)c2ccc3c(c2)OCCO3)cc1. The van der Waals surface area contributed by atoms with Crippen molar-refractivity contribution < 1.29 is 22.7 Å². The first-order valence-electron chi connectivity index (χ1n) is 9.01. The minimum absolute atomic E-state index is 0.115. The van der Waals surface area contributed by atoms with E-state index in [4.69, 9.17) is 9.47 Å². The van der Waals surface area contributed by atoms with Gasteiger partial charge in [-0.2, -0.15) is 0 Å². The molecule has 0 spiro atoms. The summed E-state index contributed by atoms with van der Waals surface area (Å²) < 4.78 is 39.5. The number of thiophene rings is 1. The molecule has 0 saturated carbocycles. The van der Waals surface area contributed by atoms with Crippen molar-refractivity contribution in [2.24, 2.45) is 0 Å². The van der Waals surface area contributed by atoms with Crippen LogP contribution in [0.5, 0.6) is 11.5 Å². The molecule has 0 N–H and O–H groups in total. The molecule has 6 nitrogen and oxygen atoms in total. The second kappa shape index (κ2) is 7.88. The van der Waals surface area contributed by atoms with Gasteiger partial charge in [-0.1, -0.05) is 18.2 Å². The molecule has 0 saturated heterocycles. The van der Waals surface area contributed by atoms with Gasteiger partial charge >= 0.3 is 0 Å². The fraction of sp³-hybridized carbons (Fsp3) is 0.190. The molecule has 0 radical (unpaired) electrons. The lowest BCUT2D eigenvalue weighted by Crippen LogP contribution is -2.30. The summed E-state index contributed by atoms with van der Waals surface area (Å²) in [7, 11) is -3.87. The van der Waals surface area contributed by atoms with Gasteiger partial charge in [0.15, 0.2) is 17.3 Å². The molecular weight excluding hydrogens is 410 g/mol. The number of nitrogens with zero attached hydrogens (tertiary/aromatic N) is 1. The van der Waals surface area contributed by atoms with Gasteiger partial charge in [-0.25, -0.2) is 8.42 Å². The van der Waals surface area contributed by atoms with Crippen LogP contribution in [0.25, 0.3) is 0 Å². The van der Waals surface area contributed by atoms with Crippen molar-refractivity contribution in [2.45, 2.75) is 18.4 Å². The first kappa shape index (κ1) is 19.5. The maximum absolute atomic E-state index is 13.5. The van der Waals surface area contributed by atoms with Crippen LogP contribution in [0.2, 0.25) is 0 Å². The predicted octanol–water partition coefficient (Wildman–Crippen LogP) is 4.12. The van der Waals surface area contributed by atoms with E-state index >= 15 is 0 Å². The van der Waals surface area contributed by atoms with Gasteiger partial charge in [-0.3, -0.25) is 9.10 Å². The third-order valence-corrected chi connectivity index (χ3v) is 7.19. The Labute approximate surface area is 173 Å². The summed E-state index contributed by atoms with van der Waals surface area (Å²) in [6.45, 7) is 2.52. The zero-order chi connectivity index (χ0) is 20.4. The Morgan fingerprint density at radius 2 is 1.76 bits per heavy atom. The maximum Gasteiger partial charge on any atom is 0.264 e. The van der Waals surface area contributed by atoms with Gasteiger partial charge in [0.1, 0.15) is 13.2 Å². The van der Waals surface area contributed by atoms with E-state index < -0.39 is 10.0 Å². The molecule has 1 aliphatic rings. The number of ether oxygens (including phenoxy) is 2. The molecule has 3 aromatic rings. The Bertz CT molecular complexity index is 1120. The summed E-state index contributed by atoms with van der Waals surface area (Å²) in [6.07, 6.45) is 0. The van der Waals surface area contributed by atoms with Crippen molar-refractivity contribution >= 4 is 32.8 Å². The molecule has 0 amide bonds. The Hall–Kier alpha value is -2.84. The Kier molecular flexibility index (Phi) is 5.29. The van der Waals surface area contributed by atoms with Gasteiger partial charge in [0.25, 0.3) is 10.0 Å². The van der Waals surface area contributed by atoms with Crippen molar-refractivity contribution in [1.29, 1.82) is 0 Å². The van der Waals surface area contributed by atoms with Crippen LogP contribution in [-0.2, 0) is 16.6 Å². The molecule has 2 aromatic carbocycles. The smallest absolute Gasteiger partial charge is 0.264 e. The van der Waals surface area contributed by atoms with Crippen LogP contribution >= 0.6 is 11.3 Å². The fourth-order valence-corrected chi connectivity index (χ4v) is 5.24. The van der Waals surface area contributed by atoms with Gasteiger partial charge in [0.2, 0.25) is 0 Å². The molecule has 4 rings (SSSR count).